The Bertz CT molecular complexity index is 492. The molecule has 1 heterocycles. The Morgan fingerprint density at radius 1 is 1.56 bits per heavy atom. The second-order valence-corrected chi connectivity index (χ2v) is 3.56. The summed E-state index contributed by atoms with van der Waals surface area (Å²) in [6, 6.07) is 1.49. The van der Waals surface area contributed by atoms with Gasteiger partial charge in [0.25, 0.3) is 0 Å². The van der Waals surface area contributed by atoms with Crippen LogP contribution in [0.1, 0.15) is 5.56 Å². The van der Waals surface area contributed by atoms with Crippen LogP contribution in [0.4, 0.5) is 4.39 Å². The van der Waals surface area contributed by atoms with E-state index in [0.717, 1.165) is 6.20 Å². The fourth-order valence-corrected chi connectivity index (χ4v) is 1.35. The molecule has 1 aromatic rings. The van der Waals surface area contributed by atoms with Crippen molar-refractivity contribution in [1.82, 2.24) is 4.98 Å². The van der Waals surface area contributed by atoms with Crippen molar-refractivity contribution < 1.29 is 9.18 Å². The zero-order valence-corrected chi connectivity index (χ0v) is 9.97. The maximum Gasteiger partial charge on any atom is 0.167 e. The van der Waals surface area contributed by atoms with Crippen molar-refractivity contribution >= 4 is 5.78 Å². The van der Waals surface area contributed by atoms with Gasteiger partial charge in [-0.3, -0.25) is 9.78 Å². The molecule has 0 aliphatic rings. The van der Waals surface area contributed by atoms with Gasteiger partial charge in [-0.25, -0.2) is 4.39 Å². The first-order chi connectivity index (χ1) is 8.69. The number of aromatic nitrogens is 1. The summed E-state index contributed by atoms with van der Waals surface area (Å²) in [6.07, 6.45) is 8.99. The number of hydrogen-bond acceptors (Lipinski definition) is 3. The summed E-state index contributed by atoms with van der Waals surface area (Å²) in [5, 5.41) is 0. The van der Waals surface area contributed by atoms with E-state index in [1.54, 1.807) is 18.2 Å². The molecular formula is C14H15FN2O. The lowest BCUT2D eigenvalue weighted by Gasteiger charge is -2.02. The van der Waals surface area contributed by atoms with E-state index in [-0.39, 0.29) is 12.2 Å². The Kier molecular flexibility index (Phi) is 5.67. The minimum Gasteiger partial charge on any atom is -0.327 e. The number of carbonyl (C=O) groups excluding carboxylic acids is 1. The average molecular weight is 246 g/mol. The predicted molar refractivity (Wildman–Crippen MR) is 69.4 cm³/mol. The Morgan fingerprint density at radius 2 is 2.33 bits per heavy atom. The van der Waals surface area contributed by atoms with Gasteiger partial charge in [0.05, 0.1) is 6.20 Å². The van der Waals surface area contributed by atoms with Crippen LogP contribution < -0.4 is 5.73 Å². The molecule has 1 rings (SSSR count). The molecule has 0 aliphatic carbocycles. The number of ketones is 1. The number of carbonyl (C=O) groups is 1. The largest absolute Gasteiger partial charge is 0.327 e. The second kappa shape index (κ2) is 7.29. The first kappa shape index (κ1) is 14.0. The van der Waals surface area contributed by atoms with E-state index in [1.165, 1.54) is 18.3 Å². The van der Waals surface area contributed by atoms with Crippen molar-refractivity contribution in [2.24, 2.45) is 5.73 Å². The maximum atomic E-state index is 13.3. The van der Waals surface area contributed by atoms with E-state index in [4.69, 9.17) is 5.73 Å². The molecule has 3 nitrogen and oxygen atoms in total. The molecule has 0 saturated heterocycles. The van der Waals surface area contributed by atoms with Gasteiger partial charge in [0.1, 0.15) is 5.82 Å². The third-order valence-electron chi connectivity index (χ3n) is 2.30. The SMILES string of the molecule is C=C/C(=C\C=C\CN)C(=O)Cc1ccncc1F. The molecule has 2 N–H and O–H groups in total. The summed E-state index contributed by atoms with van der Waals surface area (Å²) in [7, 11) is 0. The van der Waals surface area contributed by atoms with Crippen LogP contribution in [-0.2, 0) is 11.2 Å². The fraction of sp³-hybridized carbons (Fsp3) is 0.143. The molecule has 0 saturated carbocycles. The molecule has 0 atom stereocenters. The molecule has 0 spiro atoms. The normalized spacial score (nSPS) is 11.8. The summed E-state index contributed by atoms with van der Waals surface area (Å²) in [4.78, 5) is 15.5. The lowest BCUT2D eigenvalue weighted by molar-refractivity contribution is -0.114. The van der Waals surface area contributed by atoms with Gasteiger partial charge < -0.3 is 5.73 Å². The summed E-state index contributed by atoms with van der Waals surface area (Å²) in [6.45, 7) is 3.96. The molecule has 0 amide bonds. The minimum absolute atomic E-state index is 0.0112. The molecule has 0 aliphatic heterocycles. The molecule has 0 aromatic carbocycles. The number of allylic oxidation sites excluding steroid dienone is 4. The van der Waals surface area contributed by atoms with Gasteiger partial charge in [-0.05, 0) is 11.6 Å². The zero-order chi connectivity index (χ0) is 13.4. The molecule has 0 unspecified atom stereocenters. The van der Waals surface area contributed by atoms with Gasteiger partial charge in [0, 0.05) is 24.7 Å². The number of pyridine rings is 1. The summed E-state index contributed by atoms with van der Waals surface area (Å²) in [5.41, 5.74) is 6.04. The number of nitrogens with zero attached hydrogens (tertiary/aromatic N) is 1. The average Bonchev–Trinajstić information content (AvgIpc) is 2.37. The first-order valence-electron chi connectivity index (χ1n) is 5.50. The van der Waals surface area contributed by atoms with E-state index < -0.39 is 5.82 Å². The van der Waals surface area contributed by atoms with Crippen LogP contribution in [0.25, 0.3) is 0 Å². The van der Waals surface area contributed by atoms with E-state index in [9.17, 15) is 9.18 Å². The lowest BCUT2D eigenvalue weighted by Crippen LogP contribution is -2.06. The van der Waals surface area contributed by atoms with Crippen molar-refractivity contribution in [2.75, 3.05) is 6.54 Å². The standard InChI is InChI=1S/C14H15FN2O/c1-2-11(5-3-4-7-16)14(18)9-12-6-8-17-10-13(12)15/h2-6,8,10H,1,7,9,16H2/b4-3+,11-5+. The van der Waals surface area contributed by atoms with Gasteiger partial charge in [-0.1, -0.05) is 30.9 Å². The zero-order valence-electron chi connectivity index (χ0n) is 9.97. The highest BCUT2D eigenvalue weighted by atomic mass is 19.1. The number of nitrogens with two attached hydrogens (primary N) is 1. The van der Waals surface area contributed by atoms with Gasteiger partial charge in [-0.2, -0.15) is 0 Å². The molecular weight excluding hydrogens is 231 g/mol. The van der Waals surface area contributed by atoms with Crippen LogP contribution in [-0.4, -0.2) is 17.3 Å². The third kappa shape index (κ3) is 4.07. The van der Waals surface area contributed by atoms with Crippen LogP contribution in [0, 0.1) is 5.82 Å². The predicted octanol–water partition coefficient (Wildman–Crippen LogP) is 1.96. The Morgan fingerprint density at radius 3 is 2.94 bits per heavy atom. The van der Waals surface area contributed by atoms with Crippen LogP contribution in [0.3, 0.4) is 0 Å². The van der Waals surface area contributed by atoms with E-state index in [2.05, 4.69) is 11.6 Å². The van der Waals surface area contributed by atoms with Crippen molar-refractivity contribution in [3.8, 4) is 0 Å². The van der Waals surface area contributed by atoms with E-state index in [0.29, 0.717) is 17.7 Å². The number of rotatable bonds is 6. The highest BCUT2D eigenvalue weighted by Crippen LogP contribution is 2.10. The summed E-state index contributed by atoms with van der Waals surface area (Å²) < 4.78 is 13.3. The monoisotopic (exact) mass is 246 g/mol. The van der Waals surface area contributed by atoms with Crippen LogP contribution in [0.5, 0.6) is 0 Å². The van der Waals surface area contributed by atoms with Gasteiger partial charge in [-0.15, -0.1) is 0 Å². The number of halogens is 1. The van der Waals surface area contributed by atoms with Crippen molar-refractivity contribution in [1.29, 1.82) is 0 Å². The summed E-state index contributed by atoms with van der Waals surface area (Å²) in [5.74, 6) is -0.677. The molecule has 94 valence electrons. The van der Waals surface area contributed by atoms with Crippen LogP contribution >= 0.6 is 0 Å². The van der Waals surface area contributed by atoms with Crippen molar-refractivity contribution in [3.63, 3.8) is 0 Å². The van der Waals surface area contributed by atoms with Gasteiger partial charge in [0.15, 0.2) is 5.78 Å². The van der Waals surface area contributed by atoms with E-state index >= 15 is 0 Å². The quantitative estimate of drug-likeness (QED) is 0.616. The second-order valence-electron chi connectivity index (χ2n) is 3.56. The van der Waals surface area contributed by atoms with Crippen molar-refractivity contribution in [3.05, 3.63) is 66.3 Å². The smallest absolute Gasteiger partial charge is 0.167 e. The molecule has 0 fully saturated rings. The maximum absolute atomic E-state index is 13.3. The van der Waals surface area contributed by atoms with Crippen molar-refractivity contribution in [2.45, 2.75) is 6.42 Å². The topological polar surface area (TPSA) is 56.0 Å². The molecule has 0 bridgehead atoms. The number of Topliss-reactive ketones (excluding diaryl/α,β-unsaturated/α-hetero) is 1. The third-order valence-corrected chi connectivity index (χ3v) is 2.30. The van der Waals surface area contributed by atoms with Crippen LogP contribution in [0.2, 0.25) is 0 Å². The molecule has 4 heteroatoms. The first-order valence-corrected chi connectivity index (χ1v) is 5.50. The highest BCUT2D eigenvalue weighted by Gasteiger charge is 2.10. The van der Waals surface area contributed by atoms with Crippen LogP contribution in [0.15, 0.2) is 54.9 Å². The van der Waals surface area contributed by atoms with E-state index in [1.807, 2.05) is 0 Å². The minimum atomic E-state index is -0.480. The summed E-state index contributed by atoms with van der Waals surface area (Å²) >= 11 is 0. The molecule has 18 heavy (non-hydrogen) atoms. The number of hydrogen-bond donors (Lipinski definition) is 1. The Hall–Kier alpha value is -2.07. The fourth-order valence-electron chi connectivity index (χ4n) is 1.35. The van der Waals surface area contributed by atoms with Gasteiger partial charge >= 0.3 is 0 Å². The van der Waals surface area contributed by atoms with Gasteiger partial charge in [0.2, 0.25) is 0 Å². The lowest BCUT2D eigenvalue weighted by atomic mass is 10.0. The Balaban J connectivity index is 2.81. The Labute approximate surface area is 106 Å². The highest BCUT2D eigenvalue weighted by molar-refractivity contribution is 5.99. The molecule has 0 radical (unpaired) electrons. The molecule has 1 aromatic heterocycles.